The summed E-state index contributed by atoms with van der Waals surface area (Å²) in [6, 6.07) is 9.36. The Labute approximate surface area is 121 Å². The van der Waals surface area contributed by atoms with Crippen LogP contribution in [0.3, 0.4) is 0 Å². The average Bonchev–Trinajstić information content (AvgIpc) is 2.49. The van der Waals surface area contributed by atoms with Gasteiger partial charge in [0.2, 0.25) is 0 Å². The molecule has 0 N–H and O–H groups in total. The lowest BCUT2D eigenvalue weighted by atomic mass is 9.83. The zero-order valence-corrected chi connectivity index (χ0v) is 12.3. The molecular weight excluding hydrogens is 250 g/mol. The normalized spacial score (nSPS) is 32.0. The van der Waals surface area contributed by atoms with Crippen molar-refractivity contribution in [2.24, 2.45) is 5.92 Å². The van der Waals surface area contributed by atoms with Crippen molar-refractivity contribution in [2.75, 3.05) is 26.2 Å². The van der Waals surface area contributed by atoms with Gasteiger partial charge in [0.1, 0.15) is 6.54 Å². The van der Waals surface area contributed by atoms with E-state index in [1.165, 1.54) is 43.4 Å². The molecule has 0 saturated carbocycles. The quantitative estimate of drug-likeness (QED) is 0.623. The van der Waals surface area contributed by atoms with Crippen LogP contribution < -0.4 is 0 Å². The SMILES string of the molecule is CCC[N+]12CCC(CC1)C(OC(=O)c1ccccc1)C2. The van der Waals surface area contributed by atoms with Gasteiger partial charge >= 0.3 is 5.97 Å². The minimum atomic E-state index is -0.154. The molecule has 0 spiro atoms. The van der Waals surface area contributed by atoms with E-state index in [9.17, 15) is 4.79 Å². The van der Waals surface area contributed by atoms with Crippen LogP contribution in [-0.4, -0.2) is 42.7 Å². The van der Waals surface area contributed by atoms with Crippen molar-refractivity contribution >= 4 is 5.97 Å². The lowest BCUT2D eigenvalue weighted by molar-refractivity contribution is -0.946. The van der Waals surface area contributed by atoms with E-state index in [0.29, 0.717) is 11.5 Å². The molecule has 3 nitrogen and oxygen atoms in total. The van der Waals surface area contributed by atoms with Crippen molar-refractivity contribution in [2.45, 2.75) is 32.3 Å². The summed E-state index contributed by atoms with van der Waals surface area (Å²) in [4.78, 5) is 12.2. The molecule has 20 heavy (non-hydrogen) atoms. The lowest BCUT2D eigenvalue weighted by Crippen LogP contribution is -2.64. The van der Waals surface area contributed by atoms with E-state index in [0.717, 1.165) is 6.54 Å². The van der Waals surface area contributed by atoms with Gasteiger partial charge in [0.15, 0.2) is 6.10 Å². The Hall–Kier alpha value is -1.35. The molecule has 0 radical (unpaired) electrons. The van der Waals surface area contributed by atoms with Crippen molar-refractivity contribution in [3.63, 3.8) is 0 Å². The predicted molar refractivity (Wildman–Crippen MR) is 78.4 cm³/mol. The van der Waals surface area contributed by atoms with Crippen LogP contribution in [0.1, 0.15) is 36.5 Å². The Morgan fingerprint density at radius 3 is 2.60 bits per heavy atom. The summed E-state index contributed by atoms with van der Waals surface area (Å²) in [6.45, 7) is 7.05. The van der Waals surface area contributed by atoms with E-state index >= 15 is 0 Å². The molecule has 0 amide bonds. The van der Waals surface area contributed by atoms with Crippen molar-refractivity contribution in [3.8, 4) is 0 Å². The summed E-state index contributed by atoms with van der Waals surface area (Å²) in [6.07, 6.45) is 3.76. The minimum absolute atomic E-state index is 0.122. The number of benzene rings is 1. The first-order valence-electron chi connectivity index (χ1n) is 7.83. The van der Waals surface area contributed by atoms with Gasteiger partial charge in [-0.1, -0.05) is 25.1 Å². The molecule has 1 aromatic rings. The molecule has 3 aliphatic rings. The van der Waals surface area contributed by atoms with Gasteiger partial charge in [-0.3, -0.25) is 0 Å². The number of quaternary nitrogens is 1. The van der Waals surface area contributed by atoms with E-state index in [-0.39, 0.29) is 12.1 Å². The summed E-state index contributed by atoms with van der Waals surface area (Å²) in [5.41, 5.74) is 0.672. The Balaban J connectivity index is 1.68. The molecule has 3 heteroatoms. The second kappa shape index (κ2) is 5.57. The Morgan fingerprint density at radius 2 is 1.95 bits per heavy atom. The molecular formula is C17H24NO2+. The maximum absolute atomic E-state index is 12.2. The third-order valence-electron chi connectivity index (χ3n) is 5.01. The van der Waals surface area contributed by atoms with E-state index in [2.05, 4.69) is 6.92 Å². The molecule has 1 atom stereocenters. The topological polar surface area (TPSA) is 26.3 Å². The minimum Gasteiger partial charge on any atom is -0.452 e. The number of ether oxygens (including phenoxy) is 1. The second-order valence-electron chi connectivity index (χ2n) is 6.34. The van der Waals surface area contributed by atoms with E-state index in [4.69, 9.17) is 4.74 Å². The van der Waals surface area contributed by atoms with Crippen molar-refractivity contribution in [1.29, 1.82) is 0 Å². The smallest absolute Gasteiger partial charge is 0.338 e. The Kier molecular flexibility index (Phi) is 3.79. The predicted octanol–water partition coefficient (Wildman–Crippen LogP) is 2.86. The second-order valence-corrected chi connectivity index (χ2v) is 6.34. The molecule has 108 valence electrons. The third kappa shape index (κ3) is 2.59. The van der Waals surface area contributed by atoms with Gasteiger partial charge in [-0.2, -0.15) is 0 Å². The highest BCUT2D eigenvalue weighted by atomic mass is 16.5. The number of hydrogen-bond acceptors (Lipinski definition) is 2. The van der Waals surface area contributed by atoms with E-state index in [1.54, 1.807) is 0 Å². The fraction of sp³-hybridized carbons (Fsp3) is 0.588. The highest BCUT2D eigenvalue weighted by Gasteiger charge is 2.47. The van der Waals surface area contributed by atoms with Gasteiger partial charge < -0.3 is 9.22 Å². The van der Waals surface area contributed by atoms with Crippen LogP contribution in [0.15, 0.2) is 30.3 Å². The summed E-state index contributed by atoms with van der Waals surface area (Å²) in [7, 11) is 0. The standard InChI is InChI=1S/C17H24NO2/c1-2-10-18-11-8-14(9-12-18)16(13-18)20-17(19)15-6-4-3-5-7-15/h3-7,14,16H,2,8-13H2,1H3/q+1. The average molecular weight is 274 g/mol. The zero-order chi connectivity index (χ0) is 14.0. The molecule has 3 heterocycles. The molecule has 4 rings (SSSR count). The number of rotatable bonds is 4. The first-order chi connectivity index (χ1) is 9.72. The molecule has 1 aromatic carbocycles. The summed E-state index contributed by atoms with van der Waals surface area (Å²) in [5.74, 6) is 0.429. The fourth-order valence-corrected chi connectivity index (χ4v) is 3.92. The molecule has 0 aromatic heterocycles. The van der Waals surface area contributed by atoms with E-state index in [1.807, 2.05) is 30.3 Å². The maximum atomic E-state index is 12.2. The van der Waals surface area contributed by atoms with Gasteiger partial charge in [0, 0.05) is 18.8 Å². The van der Waals surface area contributed by atoms with Crippen LogP contribution >= 0.6 is 0 Å². The summed E-state index contributed by atoms with van der Waals surface area (Å²) in [5, 5.41) is 0. The number of carbonyl (C=O) groups excluding carboxylic acids is 1. The van der Waals surface area contributed by atoms with Gasteiger partial charge in [-0.15, -0.1) is 0 Å². The Morgan fingerprint density at radius 1 is 1.25 bits per heavy atom. The van der Waals surface area contributed by atoms with E-state index < -0.39 is 0 Å². The van der Waals surface area contributed by atoms with Gasteiger partial charge in [-0.25, -0.2) is 4.79 Å². The molecule has 1 unspecified atom stereocenters. The molecule has 3 aliphatic heterocycles. The summed E-state index contributed by atoms with van der Waals surface area (Å²) < 4.78 is 6.99. The number of hydrogen-bond donors (Lipinski definition) is 0. The van der Waals surface area contributed by atoms with Crippen molar-refractivity contribution in [1.82, 2.24) is 0 Å². The van der Waals surface area contributed by atoms with Gasteiger partial charge in [0.05, 0.1) is 25.2 Å². The van der Waals surface area contributed by atoms with Crippen LogP contribution in [0.2, 0.25) is 0 Å². The summed E-state index contributed by atoms with van der Waals surface area (Å²) >= 11 is 0. The van der Waals surface area contributed by atoms with Crippen LogP contribution in [0.4, 0.5) is 0 Å². The lowest BCUT2D eigenvalue weighted by Gasteiger charge is -2.52. The van der Waals surface area contributed by atoms with Crippen LogP contribution in [0.25, 0.3) is 0 Å². The Bertz CT molecular complexity index is 458. The monoisotopic (exact) mass is 274 g/mol. The maximum Gasteiger partial charge on any atom is 0.338 e. The van der Waals surface area contributed by atoms with Crippen LogP contribution in [-0.2, 0) is 4.74 Å². The fourth-order valence-electron chi connectivity index (χ4n) is 3.92. The molecule has 2 bridgehead atoms. The zero-order valence-electron chi connectivity index (χ0n) is 12.3. The number of piperidine rings is 3. The van der Waals surface area contributed by atoms with Gasteiger partial charge in [-0.05, 0) is 18.6 Å². The largest absolute Gasteiger partial charge is 0.452 e. The highest BCUT2D eigenvalue weighted by Crippen LogP contribution is 2.36. The number of esters is 1. The van der Waals surface area contributed by atoms with Crippen molar-refractivity contribution < 1.29 is 14.0 Å². The van der Waals surface area contributed by atoms with Crippen LogP contribution in [0.5, 0.6) is 0 Å². The number of nitrogens with zero attached hydrogens (tertiary/aromatic N) is 1. The first kappa shape index (κ1) is 13.6. The first-order valence-corrected chi connectivity index (χ1v) is 7.83. The van der Waals surface area contributed by atoms with Crippen molar-refractivity contribution in [3.05, 3.63) is 35.9 Å². The molecule has 0 aliphatic carbocycles. The van der Waals surface area contributed by atoms with Gasteiger partial charge in [0.25, 0.3) is 0 Å². The number of carbonyl (C=O) groups is 1. The molecule has 3 saturated heterocycles. The number of fused-ring (bicyclic) bond motifs is 3. The van der Waals surface area contributed by atoms with Crippen LogP contribution in [0, 0.1) is 5.92 Å². The highest BCUT2D eigenvalue weighted by molar-refractivity contribution is 5.89. The third-order valence-corrected chi connectivity index (χ3v) is 5.01. The molecule has 3 fully saturated rings.